The van der Waals surface area contributed by atoms with E-state index < -0.39 is 0 Å². The smallest absolute Gasteiger partial charge is 0.192 e. The maximum Gasteiger partial charge on any atom is 0.192 e. The van der Waals surface area contributed by atoms with Gasteiger partial charge >= 0.3 is 0 Å². The maximum atomic E-state index is 5.82. The van der Waals surface area contributed by atoms with Crippen LogP contribution in [0.15, 0.2) is 59.9 Å². The third kappa shape index (κ3) is 5.23. The Labute approximate surface area is 183 Å². The summed E-state index contributed by atoms with van der Waals surface area (Å²) in [6, 6.07) is 16.7. The Hall–Kier alpha value is -3.35. The lowest BCUT2D eigenvalue weighted by molar-refractivity contribution is 0.261. The van der Waals surface area contributed by atoms with Crippen LogP contribution in [0.4, 0.5) is 0 Å². The number of hydrogen-bond acceptors (Lipinski definition) is 4. The predicted octanol–water partition coefficient (Wildman–Crippen LogP) is 3.41. The summed E-state index contributed by atoms with van der Waals surface area (Å²) in [7, 11) is 0. The van der Waals surface area contributed by atoms with E-state index in [4.69, 9.17) is 9.73 Å². The highest BCUT2D eigenvalue weighted by atomic mass is 16.5. The number of aryl methyl sites for hydroxylation is 2. The fourth-order valence-corrected chi connectivity index (χ4v) is 3.80. The Morgan fingerprint density at radius 2 is 2.03 bits per heavy atom. The molecule has 0 saturated carbocycles. The van der Waals surface area contributed by atoms with Crippen molar-refractivity contribution in [3.05, 3.63) is 77.4 Å². The number of fused-ring (bicyclic) bond motifs is 1. The van der Waals surface area contributed by atoms with E-state index in [1.165, 1.54) is 16.7 Å². The van der Waals surface area contributed by atoms with Crippen molar-refractivity contribution in [2.45, 2.75) is 45.8 Å². The molecule has 1 aromatic heterocycles. The number of benzene rings is 2. The Morgan fingerprint density at radius 3 is 2.90 bits per heavy atom. The molecule has 0 amide bonds. The van der Waals surface area contributed by atoms with Crippen molar-refractivity contribution in [3.8, 4) is 5.75 Å². The van der Waals surface area contributed by atoms with E-state index in [9.17, 15) is 0 Å². The van der Waals surface area contributed by atoms with E-state index in [-0.39, 0.29) is 6.04 Å². The third-order valence-corrected chi connectivity index (χ3v) is 5.60. The second kappa shape index (κ2) is 10.1. The molecule has 3 aromatic rings. The van der Waals surface area contributed by atoms with Gasteiger partial charge in [-0.1, -0.05) is 49.4 Å². The molecule has 31 heavy (non-hydrogen) atoms. The number of nitrogens with zero attached hydrogens (tertiary/aromatic N) is 4. The topological polar surface area (TPSA) is 76.4 Å². The van der Waals surface area contributed by atoms with Gasteiger partial charge in [-0.05, 0) is 24.1 Å². The van der Waals surface area contributed by atoms with E-state index in [2.05, 4.69) is 75.6 Å². The van der Waals surface area contributed by atoms with Crippen LogP contribution in [0.1, 0.15) is 41.9 Å². The molecule has 0 bridgehead atoms. The number of nitrogens with one attached hydrogen (secondary N) is 2. The van der Waals surface area contributed by atoms with Gasteiger partial charge in [0.1, 0.15) is 17.9 Å². The molecule has 162 valence electrons. The Balaban J connectivity index is 1.48. The molecule has 0 fully saturated rings. The molecule has 1 aliphatic heterocycles. The molecule has 7 heteroatoms. The van der Waals surface area contributed by atoms with Crippen molar-refractivity contribution < 1.29 is 4.74 Å². The quantitative estimate of drug-likeness (QED) is 0.454. The van der Waals surface area contributed by atoms with Crippen molar-refractivity contribution >= 4 is 5.96 Å². The summed E-state index contributed by atoms with van der Waals surface area (Å²) >= 11 is 0. The number of rotatable bonds is 7. The highest BCUT2D eigenvalue weighted by Crippen LogP contribution is 2.31. The van der Waals surface area contributed by atoms with Gasteiger partial charge in [-0.3, -0.25) is 0 Å². The average Bonchev–Trinajstić information content (AvgIpc) is 3.26. The van der Waals surface area contributed by atoms with Gasteiger partial charge in [0, 0.05) is 31.5 Å². The van der Waals surface area contributed by atoms with Crippen molar-refractivity contribution in [1.82, 2.24) is 25.4 Å². The lowest BCUT2D eigenvalue weighted by Gasteiger charge is -2.28. The molecule has 4 rings (SSSR count). The van der Waals surface area contributed by atoms with E-state index in [1.54, 1.807) is 6.33 Å². The number of para-hydroxylation sites is 1. The second-order valence-corrected chi connectivity index (χ2v) is 7.68. The summed E-state index contributed by atoms with van der Waals surface area (Å²) in [5.74, 6) is 2.74. The summed E-state index contributed by atoms with van der Waals surface area (Å²) in [5, 5.41) is 15.3. The molecule has 1 atom stereocenters. The Kier molecular flexibility index (Phi) is 6.82. The number of hydrogen-bond donors (Lipinski definition) is 2. The van der Waals surface area contributed by atoms with Crippen LogP contribution in [0.3, 0.4) is 0 Å². The van der Waals surface area contributed by atoms with Gasteiger partial charge in [-0.15, -0.1) is 10.2 Å². The SMILES string of the molecule is CCc1nncn1CCNC(=NCc1ccccc1C)NC1CCOc2ccccc21. The number of ether oxygens (including phenoxy) is 1. The largest absolute Gasteiger partial charge is 0.493 e. The average molecular weight is 419 g/mol. The zero-order chi connectivity index (χ0) is 21.5. The van der Waals surface area contributed by atoms with Gasteiger partial charge in [-0.2, -0.15) is 0 Å². The highest BCUT2D eigenvalue weighted by molar-refractivity contribution is 5.80. The van der Waals surface area contributed by atoms with Crippen LogP contribution in [0, 0.1) is 6.92 Å². The molecule has 2 aromatic carbocycles. The standard InChI is InChI=1S/C24H30N6O/c1-3-23-29-27-17-30(23)14-13-25-24(26-16-19-9-5-4-8-18(19)2)28-21-12-15-31-22-11-7-6-10-20(21)22/h4-11,17,21H,3,12-16H2,1-2H3,(H2,25,26,28). The lowest BCUT2D eigenvalue weighted by Crippen LogP contribution is -2.42. The first-order chi connectivity index (χ1) is 15.2. The lowest BCUT2D eigenvalue weighted by atomic mass is 10.0. The van der Waals surface area contributed by atoms with E-state index >= 15 is 0 Å². The number of aliphatic imine (C=N–C) groups is 1. The fraction of sp³-hybridized carbons (Fsp3) is 0.375. The maximum absolute atomic E-state index is 5.82. The molecule has 0 spiro atoms. The normalized spacial score (nSPS) is 15.8. The highest BCUT2D eigenvalue weighted by Gasteiger charge is 2.22. The van der Waals surface area contributed by atoms with E-state index in [0.717, 1.165) is 43.5 Å². The molecule has 1 aliphatic rings. The van der Waals surface area contributed by atoms with Gasteiger partial charge < -0.3 is 19.9 Å². The minimum absolute atomic E-state index is 0.161. The molecule has 2 heterocycles. The van der Waals surface area contributed by atoms with Crippen LogP contribution in [0.5, 0.6) is 5.75 Å². The van der Waals surface area contributed by atoms with Crippen LogP contribution < -0.4 is 15.4 Å². The Morgan fingerprint density at radius 1 is 1.19 bits per heavy atom. The predicted molar refractivity (Wildman–Crippen MR) is 122 cm³/mol. The minimum atomic E-state index is 0.161. The molecule has 0 aliphatic carbocycles. The summed E-state index contributed by atoms with van der Waals surface area (Å²) < 4.78 is 7.90. The van der Waals surface area contributed by atoms with Crippen molar-refractivity contribution in [3.63, 3.8) is 0 Å². The number of aromatic nitrogens is 3. The molecule has 0 radical (unpaired) electrons. The first-order valence-electron chi connectivity index (χ1n) is 10.9. The van der Waals surface area contributed by atoms with Gasteiger partial charge in [0.05, 0.1) is 19.2 Å². The molecular weight excluding hydrogens is 388 g/mol. The van der Waals surface area contributed by atoms with Crippen molar-refractivity contribution in [2.75, 3.05) is 13.2 Å². The minimum Gasteiger partial charge on any atom is -0.493 e. The molecule has 0 saturated heterocycles. The van der Waals surface area contributed by atoms with Crippen LogP contribution in [-0.4, -0.2) is 33.9 Å². The summed E-state index contributed by atoms with van der Waals surface area (Å²) in [4.78, 5) is 4.90. The number of guanidine groups is 1. The van der Waals surface area contributed by atoms with Crippen molar-refractivity contribution in [1.29, 1.82) is 0 Å². The van der Waals surface area contributed by atoms with Crippen molar-refractivity contribution in [2.24, 2.45) is 4.99 Å². The molecular formula is C24H30N6O. The monoisotopic (exact) mass is 418 g/mol. The van der Waals surface area contributed by atoms with Gasteiger partial charge in [-0.25, -0.2) is 4.99 Å². The van der Waals surface area contributed by atoms with Gasteiger partial charge in [0.15, 0.2) is 5.96 Å². The second-order valence-electron chi connectivity index (χ2n) is 7.68. The molecule has 1 unspecified atom stereocenters. The zero-order valence-electron chi connectivity index (χ0n) is 18.2. The molecule has 2 N–H and O–H groups in total. The summed E-state index contributed by atoms with van der Waals surface area (Å²) in [6.45, 7) is 7.05. The fourth-order valence-electron chi connectivity index (χ4n) is 3.80. The summed E-state index contributed by atoms with van der Waals surface area (Å²) in [5.41, 5.74) is 3.65. The first-order valence-corrected chi connectivity index (χ1v) is 10.9. The van der Waals surface area contributed by atoms with E-state index in [1.807, 2.05) is 12.1 Å². The first kappa shape index (κ1) is 20.9. The third-order valence-electron chi connectivity index (χ3n) is 5.60. The zero-order valence-corrected chi connectivity index (χ0v) is 18.2. The van der Waals surface area contributed by atoms with Crippen LogP contribution in [-0.2, 0) is 19.5 Å². The Bertz CT molecular complexity index is 1030. The van der Waals surface area contributed by atoms with Crippen LogP contribution in [0.25, 0.3) is 0 Å². The summed E-state index contributed by atoms with van der Waals surface area (Å²) in [6.07, 6.45) is 3.55. The van der Waals surface area contributed by atoms with Gasteiger partial charge in [0.25, 0.3) is 0 Å². The van der Waals surface area contributed by atoms with Gasteiger partial charge in [0.2, 0.25) is 0 Å². The molecule has 7 nitrogen and oxygen atoms in total. The van der Waals surface area contributed by atoms with Crippen LogP contribution >= 0.6 is 0 Å². The van der Waals surface area contributed by atoms with Crippen LogP contribution in [0.2, 0.25) is 0 Å². The van der Waals surface area contributed by atoms with E-state index in [0.29, 0.717) is 13.2 Å².